The summed E-state index contributed by atoms with van der Waals surface area (Å²) in [6.45, 7) is 1.40. The second-order valence-corrected chi connectivity index (χ2v) is 6.20. The van der Waals surface area contributed by atoms with Gasteiger partial charge in [0.2, 0.25) is 0 Å². The van der Waals surface area contributed by atoms with Gasteiger partial charge in [-0.05, 0) is 44.0 Å². The summed E-state index contributed by atoms with van der Waals surface area (Å²) in [6.07, 6.45) is 0.989. The molecule has 7 heteroatoms. The lowest BCUT2D eigenvalue weighted by Gasteiger charge is -2.09. The number of methoxy groups -OCH3 is 1. The number of benzene rings is 2. The highest BCUT2D eigenvalue weighted by Crippen LogP contribution is 2.21. The van der Waals surface area contributed by atoms with Crippen LogP contribution in [-0.2, 0) is 14.3 Å². The number of hydrogen-bond donors (Lipinski definition) is 0. The molecule has 0 aliphatic heterocycles. The number of rotatable bonds is 9. The van der Waals surface area contributed by atoms with Gasteiger partial charge in [0.15, 0.2) is 5.78 Å². The van der Waals surface area contributed by atoms with Crippen molar-refractivity contribution in [1.82, 2.24) is 0 Å². The third-order valence-electron chi connectivity index (χ3n) is 4.02. The van der Waals surface area contributed by atoms with Crippen LogP contribution in [0.3, 0.4) is 0 Å². The van der Waals surface area contributed by atoms with Gasteiger partial charge in [-0.25, -0.2) is 4.79 Å². The van der Waals surface area contributed by atoms with Gasteiger partial charge in [0.05, 0.1) is 12.7 Å². The molecule has 0 fully saturated rings. The van der Waals surface area contributed by atoms with Gasteiger partial charge in [0.25, 0.3) is 0 Å². The van der Waals surface area contributed by atoms with Gasteiger partial charge in [0.1, 0.15) is 17.1 Å². The number of ether oxygens (including phenoxy) is 3. The number of carbonyl (C=O) groups is 4. The molecule has 0 atom stereocenters. The summed E-state index contributed by atoms with van der Waals surface area (Å²) < 4.78 is 15.1. The molecular weight excluding hydrogens is 376 g/mol. The number of Topliss-reactive ketones (excluding diaryl/α,β-unsaturated/α-hetero) is 1. The van der Waals surface area contributed by atoms with Crippen molar-refractivity contribution in [2.45, 2.75) is 32.6 Å². The molecule has 0 amide bonds. The Hall–Kier alpha value is -3.48. The first-order valence-electron chi connectivity index (χ1n) is 9.11. The molecule has 2 rings (SSSR count). The minimum atomic E-state index is -0.595. The molecule has 2 aromatic carbocycles. The normalized spacial score (nSPS) is 10.1. The summed E-state index contributed by atoms with van der Waals surface area (Å²) in [5.41, 5.74) is 0.504. The van der Waals surface area contributed by atoms with Crippen LogP contribution < -0.4 is 9.47 Å². The van der Waals surface area contributed by atoms with Gasteiger partial charge in [-0.3, -0.25) is 14.4 Å². The summed E-state index contributed by atoms with van der Waals surface area (Å²) >= 11 is 0. The van der Waals surface area contributed by atoms with Gasteiger partial charge in [0, 0.05) is 12.8 Å². The lowest BCUT2D eigenvalue weighted by Crippen LogP contribution is -2.13. The molecule has 0 saturated carbocycles. The fourth-order valence-electron chi connectivity index (χ4n) is 2.57. The molecule has 0 N–H and O–H groups in total. The van der Waals surface area contributed by atoms with E-state index in [1.165, 1.54) is 26.2 Å². The Labute approximate surface area is 168 Å². The number of hydrogen-bond acceptors (Lipinski definition) is 7. The molecule has 7 nitrogen and oxygen atoms in total. The van der Waals surface area contributed by atoms with Crippen LogP contribution >= 0.6 is 0 Å². The van der Waals surface area contributed by atoms with E-state index in [0.717, 1.165) is 0 Å². The summed E-state index contributed by atoms with van der Waals surface area (Å²) in [6, 6.07) is 12.8. The zero-order valence-electron chi connectivity index (χ0n) is 16.3. The first kappa shape index (κ1) is 21.8. The molecule has 2 aromatic rings. The fraction of sp³-hybridized carbons (Fsp3) is 0.273. The van der Waals surface area contributed by atoms with Gasteiger partial charge >= 0.3 is 17.9 Å². The highest BCUT2D eigenvalue weighted by Gasteiger charge is 2.16. The van der Waals surface area contributed by atoms with Crippen LogP contribution in [0.15, 0.2) is 48.5 Å². The first-order chi connectivity index (χ1) is 13.9. The van der Waals surface area contributed by atoms with E-state index in [4.69, 9.17) is 9.47 Å². The van der Waals surface area contributed by atoms with Crippen molar-refractivity contribution in [1.29, 1.82) is 0 Å². The standard InChI is InChI=1S/C22H22O7/c1-15(23)16-9-3-5-11-18(16)28-20(24)13-7-8-14-21(25)29-19-12-6-4-10-17(19)22(26)27-2/h3-6,9-12H,7-8,13-14H2,1-2H3. The van der Waals surface area contributed by atoms with E-state index in [9.17, 15) is 19.2 Å². The molecule has 0 unspecified atom stereocenters. The van der Waals surface area contributed by atoms with Crippen LogP contribution in [0.5, 0.6) is 11.5 Å². The minimum Gasteiger partial charge on any atom is -0.465 e. The fourth-order valence-corrected chi connectivity index (χ4v) is 2.57. The molecule has 0 aliphatic rings. The Balaban J connectivity index is 1.78. The van der Waals surface area contributed by atoms with Crippen molar-refractivity contribution < 1.29 is 33.4 Å². The first-order valence-corrected chi connectivity index (χ1v) is 9.11. The van der Waals surface area contributed by atoms with Crippen LogP contribution in [0, 0.1) is 0 Å². The van der Waals surface area contributed by atoms with Crippen molar-refractivity contribution in [3.05, 3.63) is 59.7 Å². The Bertz CT molecular complexity index is 902. The zero-order valence-corrected chi connectivity index (χ0v) is 16.3. The largest absolute Gasteiger partial charge is 0.465 e. The highest BCUT2D eigenvalue weighted by molar-refractivity contribution is 5.97. The van der Waals surface area contributed by atoms with Gasteiger partial charge < -0.3 is 14.2 Å². The van der Waals surface area contributed by atoms with Crippen molar-refractivity contribution >= 4 is 23.7 Å². The summed E-state index contributed by atoms with van der Waals surface area (Å²) in [7, 11) is 1.24. The molecule has 0 bridgehead atoms. The zero-order chi connectivity index (χ0) is 21.2. The van der Waals surface area contributed by atoms with Crippen LogP contribution in [0.4, 0.5) is 0 Å². The molecule has 152 valence electrons. The van der Waals surface area contributed by atoms with E-state index in [1.54, 1.807) is 36.4 Å². The SMILES string of the molecule is COC(=O)c1ccccc1OC(=O)CCCCC(=O)Oc1ccccc1C(C)=O. The van der Waals surface area contributed by atoms with E-state index in [2.05, 4.69) is 4.74 Å². The lowest BCUT2D eigenvalue weighted by molar-refractivity contribution is -0.136. The van der Waals surface area contributed by atoms with Gasteiger partial charge in [-0.1, -0.05) is 24.3 Å². The highest BCUT2D eigenvalue weighted by atomic mass is 16.5. The monoisotopic (exact) mass is 398 g/mol. The summed E-state index contributed by atoms with van der Waals surface area (Å²) in [5, 5.41) is 0. The number of para-hydroxylation sites is 2. The molecule has 0 radical (unpaired) electrons. The number of unbranched alkanes of at least 4 members (excludes halogenated alkanes) is 1. The van der Waals surface area contributed by atoms with Gasteiger partial charge in [-0.15, -0.1) is 0 Å². The Kier molecular flexibility index (Phi) is 8.09. The molecule has 0 spiro atoms. The van der Waals surface area contributed by atoms with Crippen LogP contribution in [-0.4, -0.2) is 30.8 Å². The molecule has 0 aromatic heterocycles. The second kappa shape index (κ2) is 10.8. The number of esters is 3. The number of ketones is 1. The quantitative estimate of drug-likeness (QED) is 0.275. The third-order valence-corrected chi connectivity index (χ3v) is 4.02. The predicted octanol–water partition coefficient (Wildman–Crippen LogP) is 3.75. The molecular formula is C22H22O7. The van der Waals surface area contributed by atoms with Crippen LogP contribution in [0.25, 0.3) is 0 Å². The maximum Gasteiger partial charge on any atom is 0.341 e. The molecule has 0 aliphatic carbocycles. The van der Waals surface area contributed by atoms with Crippen molar-refractivity contribution in [3.63, 3.8) is 0 Å². The molecule has 29 heavy (non-hydrogen) atoms. The van der Waals surface area contributed by atoms with E-state index >= 15 is 0 Å². The van der Waals surface area contributed by atoms with E-state index in [0.29, 0.717) is 18.4 Å². The van der Waals surface area contributed by atoms with Crippen LogP contribution in [0.1, 0.15) is 53.3 Å². The Morgan fingerprint density at radius 3 is 1.66 bits per heavy atom. The minimum absolute atomic E-state index is 0.0762. The maximum absolute atomic E-state index is 12.0. The molecule has 0 saturated heterocycles. The number of carbonyl (C=O) groups excluding carboxylic acids is 4. The van der Waals surface area contributed by atoms with E-state index in [1.807, 2.05) is 0 Å². The van der Waals surface area contributed by atoms with E-state index < -0.39 is 17.9 Å². The molecule has 0 heterocycles. The second-order valence-electron chi connectivity index (χ2n) is 6.20. The Morgan fingerprint density at radius 2 is 1.17 bits per heavy atom. The smallest absolute Gasteiger partial charge is 0.341 e. The average Bonchev–Trinajstić information content (AvgIpc) is 2.71. The Morgan fingerprint density at radius 1 is 0.724 bits per heavy atom. The van der Waals surface area contributed by atoms with E-state index in [-0.39, 0.29) is 35.7 Å². The summed E-state index contributed by atoms with van der Waals surface area (Å²) in [5.74, 6) is -1.43. The lowest BCUT2D eigenvalue weighted by atomic mass is 10.1. The van der Waals surface area contributed by atoms with Crippen LogP contribution in [0.2, 0.25) is 0 Å². The summed E-state index contributed by atoms with van der Waals surface area (Å²) in [4.78, 5) is 47.2. The van der Waals surface area contributed by atoms with Crippen molar-refractivity contribution in [2.24, 2.45) is 0 Å². The van der Waals surface area contributed by atoms with Crippen molar-refractivity contribution in [2.75, 3.05) is 7.11 Å². The third kappa shape index (κ3) is 6.57. The average molecular weight is 398 g/mol. The topological polar surface area (TPSA) is 96.0 Å². The van der Waals surface area contributed by atoms with Crippen molar-refractivity contribution in [3.8, 4) is 11.5 Å². The van der Waals surface area contributed by atoms with Gasteiger partial charge in [-0.2, -0.15) is 0 Å². The predicted molar refractivity (Wildman–Crippen MR) is 104 cm³/mol. The maximum atomic E-state index is 12.0.